The molecule has 24 heavy (non-hydrogen) atoms. The van der Waals surface area contributed by atoms with E-state index in [9.17, 15) is 4.79 Å². The molecule has 4 rings (SSSR count). The van der Waals surface area contributed by atoms with E-state index in [-0.39, 0.29) is 12.0 Å². The van der Waals surface area contributed by atoms with E-state index in [0.717, 1.165) is 42.0 Å². The van der Waals surface area contributed by atoms with Crippen molar-refractivity contribution in [3.05, 3.63) is 34.9 Å². The molecule has 3 heterocycles. The molecule has 0 aromatic carbocycles. The van der Waals surface area contributed by atoms with Crippen LogP contribution in [0.2, 0.25) is 0 Å². The third kappa shape index (κ3) is 2.84. The van der Waals surface area contributed by atoms with Gasteiger partial charge in [-0.15, -0.1) is 0 Å². The Balaban J connectivity index is 1.36. The minimum absolute atomic E-state index is 0.0231. The number of hydrogen-bond donors (Lipinski definition) is 0. The molecule has 2 aliphatic rings. The Morgan fingerprint density at radius 1 is 1.38 bits per heavy atom. The lowest BCUT2D eigenvalue weighted by atomic mass is 10.2. The number of aromatic nitrogens is 2. The summed E-state index contributed by atoms with van der Waals surface area (Å²) in [4.78, 5) is 18.7. The van der Waals surface area contributed by atoms with Gasteiger partial charge in [-0.3, -0.25) is 4.79 Å². The molecule has 2 aromatic rings. The van der Waals surface area contributed by atoms with E-state index in [0.29, 0.717) is 31.4 Å². The average Bonchev–Trinajstić information content (AvgIpc) is 2.98. The van der Waals surface area contributed by atoms with Crippen LogP contribution in [0.1, 0.15) is 58.4 Å². The first kappa shape index (κ1) is 15.4. The molecule has 1 atom stereocenters. The quantitative estimate of drug-likeness (QED) is 0.837. The second kappa shape index (κ2) is 6.05. The summed E-state index contributed by atoms with van der Waals surface area (Å²) in [6, 6.07) is 0. The molecular formula is C17H21N3O4. The van der Waals surface area contributed by atoms with Gasteiger partial charge < -0.3 is 18.6 Å². The van der Waals surface area contributed by atoms with E-state index in [1.807, 2.05) is 13.8 Å². The van der Waals surface area contributed by atoms with Crippen LogP contribution in [0.25, 0.3) is 0 Å². The van der Waals surface area contributed by atoms with Crippen molar-refractivity contribution in [3.8, 4) is 0 Å². The number of aryl methyl sites for hydroxylation is 2. The Labute approximate surface area is 140 Å². The van der Waals surface area contributed by atoms with Crippen LogP contribution in [-0.2, 0) is 11.3 Å². The molecule has 1 unspecified atom stereocenters. The monoisotopic (exact) mass is 331 g/mol. The number of likely N-dealkylation sites (tertiary alicyclic amines) is 1. The molecule has 7 nitrogen and oxygen atoms in total. The van der Waals surface area contributed by atoms with Gasteiger partial charge >= 0.3 is 0 Å². The molecule has 1 aliphatic carbocycles. The zero-order valence-electron chi connectivity index (χ0n) is 13.9. The summed E-state index contributed by atoms with van der Waals surface area (Å²) in [6.45, 7) is 5.50. The lowest BCUT2D eigenvalue weighted by Gasteiger charge is -2.16. The van der Waals surface area contributed by atoms with Crippen molar-refractivity contribution in [1.82, 2.24) is 15.0 Å². The summed E-state index contributed by atoms with van der Waals surface area (Å²) in [5, 5.41) is 3.93. The summed E-state index contributed by atoms with van der Waals surface area (Å²) < 4.78 is 16.5. The maximum Gasteiger partial charge on any atom is 0.291 e. The number of hydrogen-bond acceptors (Lipinski definition) is 6. The number of amides is 1. The lowest BCUT2D eigenvalue weighted by molar-refractivity contribution is 0.0423. The maximum absolute atomic E-state index is 12.7. The molecule has 7 heteroatoms. The topological polar surface area (TPSA) is 81.6 Å². The highest BCUT2D eigenvalue weighted by atomic mass is 16.5. The second-order valence-corrected chi connectivity index (χ2v) is 6.62. The Bertz CT molecular complexity index is 727. The van der Waals surface area contributed by atoms with Gasteiger partial charge in [0.2, 0.25) is 5.76 Å². The van der Waals surface area contributed by atoms with Crippen LogP contribution in [0, 0.1) is 13.8 Å². The van der Waals surface area contributed by atoms with Crippen LogP contribution in [-0.4, -0.2) is 40.1 Å². The average molecular weight is 331 g/mol. The van der Waals surface area contributed by atoms with Gasteiger partial charge in [0.15, 0.2) is 6.39 Å². The van der Waals surface area contributed by atoms with Crippen molar-refractivity contribution in [2.24, 2.45) is 0 Å². The third-order valence-electron chi connectivity index (χ3n) is 4.83. The van der Waals surface area contributed by atoms with E-state index in [4.69, 9.17) is 13.7 Å². The summed E-state index contributed by atoms with van der Waals surface area (Å²) in [7, 11) is 0. The zero-order chi connectivity index (χ0) is 16.7. The van der Waals surface area contributed by atoms with E-state index in [2.05, 4.69) is 10.1 Å². The fraction of sp³-hybridized carbons (Fsp3) is 0.588. The minimum Gasteiger partial charge on any atom is -0.438 e. The van der Waals surface area contributed by atoms with Crippen LogP contribution in [0.15, 0.2) is 15.3 Å². The van der Waals surface area contributed by atoms with Crippen LogP contribution < -0.4 is 0 Å². The molecule has 2 aromatic heterocycles. The molecule has 1 amide bonds. The Hall–Kier alpha value is -2.15. The SMILES string of the molecule is Cc1noc(C)c1COC1CCN(C(=O)c2ocnc2C2CC2)C1. The highest BCUT2D eigenvalue weighted by Gasteiger charge is 2.36. The number of carbonyl (C=O) groups is 1. The number of ether oxygens (including phenoxy) is 1. The molecule has 2 fully saturated rings. The van der Waals surface area contributed by atoms with E-state index in [1.165, 1.54) is 6.39 Å². The maximum atomic E-state index is 12.7. The first-order chi connectivity index (χ1) is 11.6. The van der Waals surface area contributed by atoms with Crippen molar-refractivity contribution >= 4 is 5.91 Å². The Morgan fingerprint density at radius 2 is 2.21 bits per heavy atom. The molecular weight excluding hydrogens is 310 g/mol. The van der Waals surface area contributed by atoms with E-state index < -0.39 is 0 Å². The van der Waals surface area contributed by atoms with Crippen LogP contribution >= 0.6 is 0 Å². The number of rotatable bonds is 5. The molecule has 0 N–H and O–H groups in total. The highest BCUT2D eigenvalue weighted by Crippen LogP contribution is 2.41. The Kier molecular flexibility index (Phi) is 3.88. The fourth-order valence-electron chi connectivity index (χ4n) is 3.16. The van der Waals surface area contributed by atoms with Gasteiger partial charge in [-0.1, -0.05) is 5.16 Å². The zero-order valence-corrected chi connectivity index (χ0v) is 13.9. The smallest absolute Gasteiger partial charge is 0.291 e. The van der Waals surface area contributed by atoms with Crippen LogP contribution in [0.4, 0.5) is 0 Å². The molecule has 0 spiro atoms. The Morgan fingerprint density at radius 3 is 2.92 bits per heavy atom. The summed E-state index contributed by atoms with van der Waals surface area (Å²) in [5.74, 6) is 1.52. The highest BCUT2D eigenvalue weighted by molar-refractivity contribution is 5.93. The van der Waals surface area contributed by atoms with Crippen molar-refractivity contribution < 1.29 is 18.5 Å². The normalized spacial score (nSPS) is 20.8. The second-order valence-electron chi connectivity index (χ2n) is 6.62. The van der Waals surface area contributed by atoms with Crippen molar-refractivity contribution in [2.45, 2.75) is 51.7 Å². The predicted molar refractivity (Wildman–Crippen MR) is 83.6 cm³/mol. The molecule has 1 saturated carbocycles. The van der Waals surface area contributed by atoms with Gasteiger partial charge in [-0.2, -0.15) is 0 Å². The van der Waals surface area contributed by atoms with Gasteiger partial charge in [0.25, 0.3) is 5.91 Å². The predicted octanol–water partition coefficient (Wildman–Crippen LogP) is 2.59. The number of oxazole rings is 1. The first-order valence-corrected chi connectivity index (χ1v) is 8.39. The number of nitrogens with zero attached hydrogens (tertiary/aromatic N) is 3. The number of carbonyl (C=O) groups excluding carboxylic acids is 1. The van der Waals surface area contributed by atoms with Crippen molar-refractivity contribution in [1.29, 1.82) is 0 Å². The molecule has 0 radical (unpaired) electrons. The summed E-state index contributed by atoms with van der Waals surface area (Å²) in [5.41, 5.74) is 2.67. The molecule has 128 valence electrons. The lowest BCUT2D eigenvalue weighted by Crippen LogP contribution is -2.30. The van der Waals surface area contributed by atoms with E-state index >= 15 is 0 Å². The van der Waals surface area contributed by atoms with Gasteiger partial charge in [-0.25, -0.2) is 4.98 Å². The van der Waals surface area contributed by atoms with Gasteiger partial charge in [0, 0.05) is 24.6 Å². The van der Waals surface area contributed by atoms with Crippen LogP contribution in [0.3, 0.4) is 0 Å². The van der Waals surface area contributed by atoms with Gasteiger partial charge in [0.1, 0.15) is 5.76 Å². The minimum atomic E-state index is -0.0714. The first-order valence-electron chi connectivity index (χ1n) is 8.39. The van der Waals surface area contributed by atoms with Crippen molar-refractivity contribution in [3.63, 3.8) is 0 Å². The van der Waals surface area contributed by atoms with Crippen LogP contribution in [0.5, 0.6) is 0 Å². The molecule has 1 aliphatic heterocycles. The standard InChI is InChI=1S/C17H21N3O4/c1-10-14(11(2)24-19-10)8-22-13-5-6-20(7-13)17(21)16-15(12-3-4-12)18-9-23-16/h9,12-13H,3-8H2,1-2H3. The van der Waals surface area contributed by atoms with E-state index in [1.54, 1.807) is 4.90 Å². The largest absolute Gasteiger partial charge is 0.438 e. The fourth-order valence-corrected chi connectivity index (χ4v) is 3.16. The third-order valence-corrected chi connectivity index (χ3v) is 4.83. The summed E-state index contributed by atoms with van der Waals surface area (Å²) >= 11 is 0. The molecule has 1 saturated heterocycles. The summed E-state index contributed by atoms with van der Waals surface area (Å²) in [6.07, 6.45) is 4.41. The van der Waals surface area contributed by atoms with Gasteiger partial charge in [0.05, 0.1) is 24.1 Å². The molecule has 0 bridgehead atoms. The van der Waals surface area contributed by atoms with Gasteiger partial charge in [-0.05, 0) is 33.1 Å². The van der Waals surface area contributed by atoms with Crippen molar-refractivity contribution in [2.75, 3.05) is 13.1 Å².